The lowest BCUT2D eigenvalue weighted by molar-refractivity contribution is 0.101. The Bertz CT molecular complexity index is 1010. The first kappa shape index (κ1) is 20.2. The highest BCUT2D eigenvalue weighted by Crippen LogP contribution is 2.37. The summed E-state index contributed by atoms with van der Waals surface area (Å²) in [5.74, 6) is 1.32. The van der Waals surface area contributed by atoms with E-state index in [1.54, 1.807) is 10.6 Å². The van der Waals surface area contributed by atoms with Gasteiger partial charge in [0.25, 0.3) is 5.91 Å². The van der Waals surface area contributed by atoms with Crippen molar-refractivity contribution in [3.8, 4) is 16.9 Å². The van der Waals surface area contributed by atoms with Gasteiger partial charge in [-0.15, -0.1) is 0 Å². The number of nitrogens with one attached hydrogen (secondary N) is 2. The number of hydrogen-bond acceptors (Lipinski definition) is 5. The first-order valence-corrected chi connectivity index (χ1v) is 10.4. The monoisotopic (exact) mass is 408 g/mol. The Morgan fingerprint density at radius 1 is 1.33 bits per heavy atom. The zero-order valence-electron chi connectivity index (χ0n) is 17.7. The molecule has 4 rings (SSSR count). The molecule has 1 aromatic carbocycles. The predicted molar refractivity (Wildman–Crippen MR) is 116 cm³/mol. The van der Waals surface area contributed by atoms with E-state index in [0.29, 0.717) is 24.0 Å². The van der Waals surface area contributed by atoms with Gasteiger partial charge in [0, 0.05) is 30.5 Å². The van der Waals surface area contributed by atoms with Crippen molar-refractivity contribution in [3.05, 3.63) is 53.7 Å². The molecule has 7 nitrogen and oxygen atoms in total. The number of carbonyl (C=O) groups excluding carboxylic acids is 1. The number of piperidine rings is 1. The van der Waals surface area contributed by atoms with Crippen LogP contribution in [0.4, 0.5) is 5.69 Å². The third kappa shape index (κ3) is 4.26. The summed E-state index contributed by atoms with van der Waals surface area (Å²) in [5.41, 5.74) is 3.85. The van der Waals surface area contributed by atoms with Crippen LogP contribution >= 0.6 is 0 Å². The predicted octanol–water partition coefficient (Wildman–Crippen LogP) is 4.07. The van der Waals surface area contributed by atoms with Crippen molar-refractivity contribution in [1.82, 2.24) is 15.0 Å². The number of benzene rings is 1. The second-order valence-electron chi connectivity index (χ2n) is 7.83. The average Bonchev–Trinajstić information content (AvgIpc) is 3.32. The molecule has 0 saturated carbocycles. The third-order valence-corrected chi connectivity index (χ3v) is 5.57. The quantitative estimate of drug-likeness (QED) is 0.643. The standard InChI is InChI=1S/C23H28N4O3/c1-15-22(16(2)30-26-15)19-13-17(25-23(28)20-8-6-12-27(20)3)9-10-21(19)29-14-18-7-4-5-11-24-18/h6,8-10,12-13,18,24H,4-5,7,11,14H2,1-3H3,(H,25,28)/t18-/m1/s1. The van der Waals surface area contributed by atoms with E-state index < -0.39 is 0 Å². The number of ether oxygens (including phenoxy) is 1. The molecule has 2 N–H and O–H groups in total. The van der Waals surface area contributed by atoms with Crippen LogP contribution in [-0.2, 0) is 7.05 Å². The summed E-state index contributed by atoms with van der Waals surface area (Å²) in [6.07, 6.45) is 5.41. The Morgan fingerprint density at radius 2 is 2.20 bits per heavy atom. The van der Waals surface area contributed by atoms with Crippen LogP contribution in [0, 0.1) is 13.8 Å². The Morgan fingerprint density at radius 3 is 2.87 bits per heavy atom. The molecule has 7 heteroatoms. The lowest BCUT2D eigenvalue weighted by Crippen LogP contribution is -2.38. The molecule has 1 atom stereocenters. The largest absolute Gasteiger partial charge is 0.491 e. The van der Waals surface area contributed by atoms with E-state index in [0.717, 1.165) is 41.3 Å². The first-order chi connectivity index (χ1) is 14.5. The first-order valence-electron chi connectivity index (χ1n) is 10.4. The average molecular weight is 409 g/mol. The fraction of sp³-hybridized carbons (Fsp3) is 0.391. The van der Waals surface area contributed by atoms with E-state index in [-0.39, 0.29) is 5.91 Å². The van der Waals surface area contributed by atoms with Gasteiger partial charge in [-0.1, -0.05) is 11.6 Å². The van der Waals surface area contributed by atoms with Gasteiger partial charge in [0.2, 0.25) is 0 Å². The maximum absolute atomic E-state index is 12.6. The summed E-state index contributed by atoms with van der Waals surface area (Å²) >= 11 is 0. The molecule has 3 heterocycles. The number of rotatable bonds is 6. The van der Waals surface area contributed by atoms with Crippen LogP contribution in [0.15, 0.2) is 41.1 Å². The van der Waals surface area contributed by atoms with Crippen LogP contribution in [0.25, 0.3) is 11.1 Å². The highest BCUT2D eigenvalue weighted by molar-refractivity contribution is 6.03. The molecule has 1 amide bonds. The molecule has 0 aliphatic carbocycles. The number of aromatic nitrogens is 2. The lowest BCUT2D eigenvalue weighted by Gasteiger charge is -2.24. The molecule has 1 aliphatic rings. The Balaban J connectivity index is 1.61. The summed E-state index contributed by atoms with van der Waals surface area (Å²) in [5, 5.41) is 10.6. The minimum atomic E-state index is -0.160. The smallest absolute Gasteiger partial charge is 0.272 e. The molecule has 1 saturated heterocycles. The van der Waals surface area contributed by atoms with Gasteiger partial charge in [0.15, 0.2) is 0 Å². The fourth-order valence-corrected chi connectivity index (χ4v) is 3.95. The Hall–Kier alpha value is -3.06. The summed E-state index contributed by atoms with van der Waals surface area (Å²) in [7, 11) is 1.85. The summed E-state index contributed by atoms with van der Waals surface area (Å²) in [4.78, 5) is 12.6. The van der Waals surface area contributed by atoms with Crippen molar-refractivity contribution in [2.45, 2.75) is 39.2 Å². The van der Waals surface area contributed by atoms with Crippen LogP contribution in [0.3, 0.4) is 0 Å². The number of hydrogen-bond donors (Lipinski definition) is 2. The van der Waals surface area contributed by atoms with Crippen molar-refractivity contribution < 1.29 is 14.1 Å². The van der Waals surface area contributed by atoms with Gasteiger partial charge in [0.05, 0.1) is 11.3 Å². The molecule has 30 heavy (non-hydrogen) atoms. The van der Waals surface area contributed by atoms with Crippen LogP contribution in [0.1, 0.15) is 41.2 Å². The molecular weight excluding hydrogens is 380 g/mol. The fourth-order valence-electron chi connectivity index (χ4n) is 3.95. The topological polar surface area (TPSA) is 81.3 Å². The van der Waals surface area contributed by atoms with Gasteiger partial charge in [-0.25, -0.2) is 0 Å². The minimum absolute atomic E-state index is 0.160. The van der Waals surface area contributed by atoms with Crippen molar-refractivity contribution >= 4 is 11.6 Å². The maximum Gasteiger partial charge on any atom is 0.272 e. The van der Waals surface area contributed by atoms with Gasteiger partial charge in [-0.2, -0.15) is 0 Å². The van der Waals surface area contributed by atoms with Gasteiger partial charge < -0.3 is 24.5 Å². The highest BCUT2D eigenvalue weighted by atomic mass is 16.5. The van der Waals surface area contributed by atoms with Crippen molar-refractivity contribution in [1.29, 1.82) is 0 Å². The van der Waals surface area contributed by atoms with Crippen molar-refractivity contribution in [3.63, 3.8) is 0 Å². The van der Waals surface area contributed by atoms with Crippen molar-refractivity contribution in [2.75, 3.05) is 18.5 Å². The molecule has 0 radical (unpaired) electrons. The van der Waals surface area contributed by atoms with Crippen molar-refractivity contribution in [2.24, 2.45) is 7.05 Å². The minimum Gasteiger partial charge on any atom is -0.491 e. The van der Waals surface area contributed by atoms with E-state index in [2.05, 4.69) is 15.8 Å². The number of amides is 1. The van der Waals surface area contributed by atoms with E-state index in [4.69, 9.17) is 9.26 Å². The van der Waals surface area contributed by atoms with Gasteiger partial charge in [-0.05, 0) is 63.6 Å². The third-order valence-electron chi connectivity index (χ3n) is 5.57. The summed E-state index contributed by atoms with van der Waals surface area (Å²) < 4.78 is 13.4. The number of aryl methyl sites for hydroxylation is 3. The molecule has 158 valence electrons. The van der Waals surface area contributed by atoms with Crippen LogP contribution in [0.5, 0.6) is 5.75 Å². The van der Waals surface area contributed by atoms with Crippen LogP contribution in [-0.4, -0.2) is 34.8 Å². The summed E-state index contributed by atoms with van der Waals surface area (Å²) in [6, 6.07) is 9.70. The van der Waals surface area contributed by atoms with E-state index in [1.807, 2.05) is 51.4 Å². The molecule has 0 bridgehead atoms. The second kappa shape index (κ2) is 8.75. The van der Waals surface area contributed by atoms with E-state index in [1.165, 1.54) is 12.8 Å². The number of anilines is 1. The Kier molecular flexibility index (Phi) is 5.90. The number of nitrogens with zero attached hydrogens (tertiary/aromatic N) is 2. The number of carbonyl (C=O) groups is 1. The van der Waals surface area contributed by atoms with Gasteiger partial charge in [0.1, 0.15) is 23.8 Å². The molecule has 3 aromatic rings. The molecule has 1 fully saturated rings. The van der Waals surface area contributed by atoms with Crippen LogP contribution < -0.4 is 15.4 Å². The van der Waals surface area contributed by atoms with E-state index >= 15 is 0 Å². The zero-order chi connectivity index (χ0) is 21.1. The SMILES string of the molecule is Cc1noc(C)c1-c1cc(NC(=O)c2cccn2C)ccc1OC[C@H]1CCCCN1. The second-order valence-corrected chi connectivity index (χ2v) is 7.83. The van der Waals surface area contributed by atoms with Crippen LogP contribution in [0.2, 0.25) is 0 Å². The lowest BCUT2D eigenvalue weighted by atomic mass is 10.0. The van der Waals surface area contributed by atoms with E-state index in [9.17, 15) is 4.79 Å². The molecule has 2 aromatic heterocycles. The maximum atomic E-state index is 12.6. The highest BCUT2D eigenvalue weighted by Gasteiger charge is 2.20. The normalized spacial score (nSPS) is 16.4. The molecular formula is C23H28N4O3. The van der Waals surface area contributed by atoms with Gasteiger partial charge >= 0.3 is 0 Å². The molecule has 0 spiro atoms. The van der Waals surface area contributed by atoms with Gasteiger partial charge in [-0.3, -0.25) is 4.79 Å². The zero-order valence-corrected chi connectivity index (χ0v) is 17.7. The Labute approximate surface area is 176 Å². The summed E-state index contributed by atoms with van der Waals surface area (Å²) in [6.45, 7) is 5.44. The molecule has 0 unspecified atom stereocenters. The molecule has 1 aliphatic heterocycles.